The highest BCUT2D eigenvalue weighted by molar-refractivity contribution is 5.90. The number of carbonyl (C=O) groups excluding carboxylic acids is 1. The van der Waals surface area contributed by atoms with Gasteiger partial charge in [-0.2, -0.15) is 0 Å². The Hall–Kier alpha value is -1.39. The van der Waals surface area contributed by atoms with Crippen molar-refractivity contribution in [1.82, 2.24) is 0 Å². The Labute approximate surface area is 120 Å². The molecule has 0 atom stereocenters. The third-order valence-electron chi connectivity index (χ3n) is 3.84. The van der Waals surface area contributed by atoms with E-state index in [4.69, 9.17) is 10.5 Å². The van der Waals surface area contributed by atoms with Gasteiger partial charge in [-0.05, 0) is 30.0 Å². The van der Waals surface area contributed by atoms with Gasteiger partial charge >= 0.3 is 0 Å². The van der Waals surface area contributed by atoms with E-state index in [0.717, 1.165) is 30.2 Å². The molecule has 1 saturated carbocycles. The molecule has 0 heterocycles. The van der Waals surface area contributed by atoms with Crippen LogP contribution in [0.4, 0.5) is 5.69 Å². The predicted molar refractivity (Wildman–Crippen MR) is 80.4 cm³/mol. The Kier molecular flexibility index (Phi) is 6.02. The Morgan fingerprint density at radius 1 is 1.25 bits per heavy atom. The lowest BCUT2D eigenvalue weighted by atomic mass is 9.83. The summed E-state index contributed by atoms with van der Waals surface area (Å²) in [6.45, 7) is 1.80. The SMILES string of the molecule is NCc1ccc(NC(=O)CCOCCC2CCC2)cc1. The van der Waals surface area contributed by atoms with Crippen LogP contribution in [0.5, 0.6) is 0 Å². The van der Waals surface area contributed by atoms with Gasteiger partial charge < -0.3 is 15.8 Å². The first kappa shape index (κ1) is 15.0. The molecule has 0 saturated heterocycles. The van der Waals surface area contributed by atoms with E-state index in [1.54, 1.807) is 0 Å². The molecule has 2 rings (SSSR count). The van der Waals surface area contributed by atoms with Gasteiger partial charge in [0.15, 0.2) is 0 Å². The maximum Gasteiger partial charge on any atom is 0.226 e. The number of hydrogen-bond donors (Lipinski definition) is 2. The van der Waals surface area contributed by atoms with Crippen molar-refractivity contribution in [3.05, 3.63) is 29.8 Å². The zero-order valence-corrected chi connectivity index (χ0v) is 11.9. The third-order valence-corrected chi connectivity index (χ3v) is 3.84. The lowest BCUT2D eigenvalue weighted by Gasteiger charge is -2.24. The number of ether oxygens (including phenoxy) is 1. The lowest BCUT2D eigenvalue weighted by Crippen LogP contribution is -2.16. The molecule has 1 amide bonds. The highest BCUT2D eigenvalue weighted by atomic mass is 16.5. The average Bonchev–Trinajstić information content (AvgIpc) is 2.41. The van der Waals surface area contributed by atoms with Gasteiger partial charge in [0.25, 0.3) is 0 Å². The number of carbonyl (C=O) groups is 1. The van der Waals surface area contributed by atoms with Crippen molar-refractivity contribution in [3.63, 3.8) is 0 Å². The summed E-state index contributed by atoms with van der Waals surface area (Å²) < 4.78 is 5.51. The molecule has 1 aliphatic carbocycles. The number of rotatable bonds is 8. The number of hydrogen-bond acceptors (Lipinski definition) is 3. The van der Waals surface area contributed by atoms with Crippen LogP contribution in [0.3, 0.4) is 0 Å². The Bertz CT molecular complexity index is 413. The summed E-state index contributed by atoms with van der Waals surface area (Å²) in [7, 11) is 0. The second-order valence-corrected chi connectivity index (χ2v) is 5.40. The van der Waals surface area contributed by atoms with Crippen LogP contribution in [0.1, 0.15) is 37.7 Å². The maximum absolute atomic E-state index is 11.7. The van der Waals surface area contributed by atoms with E-state index >= 15 is 0 Å². The van der Waals surface area contributed by atoms with Crippen molar-refractivity contribution in [3.8, 4) is 0 Å². The Morgan fingerprint density at radius 2 is 2.00 bits per heavy atom. The van der Waals surface area contributed by atoms with Crippen molar-refractivity contribution in [1.29, 1.82) is 0 Å². The molecule has 3 N–H and O–H groups in total. The largest absolute Gasteiger partial charge is 0.381 e. The minimum atomic E-state index is -0.00542. The molecule has 0 bridgehead atoms. The number of nitrogens with two attached hydrogens (primary N) is 1. The van der Waals surface area contributed by atoms with Crippen LogP contribution in [0.25, 0.3) is 0 Å². The summed E-state index contributed by atoms with van der Waals surface area (Å²) in [5.74, 6) is 0.860. The van der Waals surface area contributed by atoms with Crippen molar-refractivity contribution in [2.45, 2.75) is 38.6 Å². The smallest absolute Gasteiger partial charge is 0.226 e. The monoisotopic (exact) mass is 276 g/mol. The first-order chi connectivity index (χ1) is 9.78. The number of amides is 1. The van der Waals surface area contributed by atoms with E-state index in [2.05, 4.69) is 5.32 Å². The molecule has 4 heteroatoms. The predicted octanol–water partition coefficient (Wildman–Crippen LogP) is 2.68. The minimum absolute atomic E-state index is 0.00542. The summed E-state index contributed by atoms with van der Waals surface area (Å²) in [5, 5.41) is 2.86. The Morgan fingerprint density at radius 3 is 2.60 bits per heavy atom. The van der Waals surface area contributed by atoms with Crippen LogP contribution in [0.15, 0.2) is 24.3 Å². The summed E-state index contributed by atoms with van der Waals surface area (Å²) in [5.41, 5.74) is 7.39. The molecule has 1 fully saturated rings. The molecule has 20 heavy (non-hydrogen) atoms. The molecule has 1 aromatic carbocycles. The van der Waals surface area contributed by atoms with Gasteiger partial charge in [0.1, 0.15) is 0 Å². The van der Waals surface area contributed by atoms with Gasteiger partial charge in [0.05, 0.1) is 13.0 Å². The molecule has 1 aromatic rings. The molecular formula is C16H24N2O2. The van der Waals surface area contributed by atoms with Crippen LogP contribution in [0, 0.1) is 5.92 Å². The summed E-state index contributed by atoms with van der Waals surface area (Å²) in [6, 6.07) is 7.59. The lowest BCUT2D eigenvalue weighted by molar-refractivity contribution is -0.117. The first-order valence-corrected chi connectivity index (χ1v) is 7.44. The van der Waals surface area contributed by atoms with Gasteiger partial charge in [-0.25, -0.2) is 0 Å². The fourth-order valence-electron chi connectivity index (χ4n) is 2.25. The summed E-state index contributed by atoms with van der Waals surface area (Å²) >= 11 is 0. The average molecular weight is 276 g/mol. The van der Waals surface area contributed by atoms with Crippen molar-refractivity contribution in [2.75, 3.05) is 18.5 Å². The zero-order chi connectivity index (χ0) is 14.2. The normalized spacial score (nSPS) is 14.8. The van der Waals surface area contributed by atoms with Gasteiger partial charge in [-0.3, -0.25) is 4.79 Å². The number of anilines is 1. The molecular weight excluding hydrogens is 252 g/mol. The van der Waals surface area contributed by atoms with E-state index in [9.17, 15) is 4.79 Å². The zero-order valence-electron chi connectivity index (χ0n) is 11.9. The standard InChI is InChI=1S/C16H24N2O2/c17-12-14-4-6-15(7-5-14)18-16(19)9-11-20-10-8-13-2-1-3-13/h4-7,13H,1-3,8-12,17H2,(H,18,19). The van der Waals surface area contributed by atoms with Crippen molar-refractivity contribution in [2.24, 2.45) is 11.7 Å². The molecule has 0 aliphatic heterocycles. The number of benzene rings is 1. The molecule has 110 valence electrons. The van der Waals surface area contributed by atoms with Crippen molar-refractivity contribution >= 4 is 11.6 Å². The maximum atomic E-state index is 11.7. The van der Waals surface area contributed by atoms with Gasteiger partial charge in [0, 0.05) is 18.8 Å². The minimum Gasteiger partial charge on any atom is -0.381 e. The second-order valence-electron chi connectivity index (χ2n) is 5.40. The summed E-state index contributed by atoms with van der Waals surface area (Å²) in [6.07, 6.45) is 5.62. The summed E-state index contributed by atoms with van der Waals surface area (Å²) in [4.78, 5) is 11.7. The Balaban J connectivity index is 1.56. The fraction of sp³-hybridized carbons (Fsp3) is 0.562. The van der Waals surface area contributed by atoms with E-state index in [1.807, 2.05) is 24.3 Å². The third kappa shape index (κ3) is 4.94. The molecule has 4 nitrogen and oxygen atoms in total. The molecule has 0 spiro atoms. The fourth-order valence-corrected chi connectivity index (χ4v) is 2.25. The first-order valence-electron chi connectivity index (χ1n) is 7.44. The molecule has 0 radical (unpaired) electrons. The van der Waals surface area contributed by atoms with Crippen LogP contribution in [-0.2, 0) is 16.1 Å². The van der Waals surface area contributed by atoms with E-state index in [-0.39, 0.29) is 5.91 Å². The highest BCUT2D eigenvalue weighted by Gasteiger charge is 2.16. The van der Waals surface area contributed by atoms with Gasteiger partial charge in [-0.15, -0.1) is 0 Å². The van der Waals surface area contributed by atoms with Crippen LogP contribution >= 0.6 is 0 Å². The van der Waals surface area contributed by atoms with Crippen LogP contribution in [0.2, 0.25) is 0 Å². The van der Waals surface area contributed by atoms with E-state index in [1.165, 1.54) is 19.3 Å². The highest BCUT2D eigenvalue weighted by Crippen LogP contribution is 2.29. The van der Waals surface area contributed by atoms with Crippen LogP contribution < -0.4 is 11.1 Å². The quantitative estimate of drug-likeness (QED) is 0.717. The van der Waals surface area contributed by atoms with E-state index < -0.39 is 0 Å². The van der Waals surface area contributed by atoms with Gasteiger partial charge in [-0.1, -0.05) is 31.4 Å². The molecule has 0 unspecified atom stereocenters. The second kappa shape index (κ2) is 8.02. The van der Waals surface area contributed by atoms with E-state index in [0.29, 0.717) is 19.6 Å². The molecule has 0 aromatic heterocycles. The number of nitrogens with one attached hydrogen (secondary N) is 1. The van der Waals surface area contributed by atoms with Gasteiger partial charge in [0.2, 0.25) is 5.91 Å². The van der Waals surface area contributed by atoms with Crippen molar-refractivity contribution < 1.29 is 9.53 Å². The molecule has 1 aliphatic rings. The van der Waals surface area contributed by atoms with Crippen LogP contribution in [-0.4, -0.2) is 19.1 Å². The topological polar surface area (TPSA) is 64.3 Å².